The molecule has 2 fully saturated rings. The van der Waals surface area contributed by atoms with Gasteiger partial charge in [0.15, 0.2) is 10.7 Å². The van der Waals surface area contributed by atoms with Gasteiger partial charge in [-0.1, -0.05) is 19.3 Å². The zero-order chi connectivity index (χ0) is 17.9. The Balaban J connectivity index is 1.60. The van der Waals surface area contributed by atoms with Crippen molar-refractivity contribution >= 4 is 28.1 Å². The summed E-state index contributed by atoms with van der Waals surface area (Å²) < 4.78 is 2.01. The number of thiazole rings is 1. The number of likely N-dealkylation sites (tertiary alicyclic amines) is 1. The van der Waals surface area contributed by atoms with Crippen LogP contribution in [0.25, 0.3) is 4.96 Å². The average molecular weight is 375 g/mol. The van der Waals surface area contributed by atoms with Gasteiger partial charge in [0.1, 0.15) is 0 Å². The highest BCUT2D eigenvalue weighted by Crippen LogP contribution is 2.22. The monoisotopic (exact) mass is 375 g/mol. The van der Waals surface area contributed by atoms with E-state index in [1.165, 1.54) is 30.6 Å². The van der Waals surface area contributed by atoms with Crippen LogP contribution in [-0.4, -0.2) is 63.7 Å². The van der Waals surface area contributed by atoms with Gasteiger partial charge in [0.05, 0.1) is 12.2 Å². The molecule has 0 radical (unpaired) electrons. The first-order valence-corrected chi connectivity index (χ1v) is 10.3. The minimum atomic E-state index is 0.0407. The van der Waals surface area contributed by atoms with E-state index in [9.17, 15) is 9.59 Å². The minimum Gasteiger partial charge on any atom is -0.354 e. The molecule has 2 saturated heterocycles. The quantitative estimate of drug-likeness (QED) is 0.887. The lowest BCUT2D eigenvalue weighted by atomic mass is 10.1. The number of carbonyl (C=O) groups is 2. The molecule has 4 rings (SSSR count). The van der Waals surface area contributed by atoms with E-state index in [0.29, 0.717) is 25.3 Å². The number of hydrogen-bond acceptors (Lipinski definition) is 5. The van der Waals surface area contributed by atoms with Gasteiger partial charge in [-0.3, -0.25) is 18.9 Å². The lowest BCUT2D eigenvalue weighted by molar-refractivity contribution is -0.124. The van der Waals surface area contributed by atoms with Crippen LogP contribution in [0.4, 0.5) is 0 Å². The van der Waals surface area contributed by atoms with Crippen molar-refractivity contribution in [2.75, 3.05) is 32.7 Å². The third kappa shape index (κ3) is 3.61. The molecule has 0 atom stereocenters. The number of fused-ring (bicyclic) bond motifs is 1. The topological polar surface area (TPSA) is 70.0 Å². The van der Waals surface area contributed by atoms with Crippen molar-refractivity contribution in [1.29, 1.82) is 0 Å². The highest BCUT2D eigenvalue weighted by atomic mass is 32.1. The third-order valence-corrected chi connectivity index (χ3v) is 5.95. The largest absolute Gasteiger partial charge is 0.354 e. The van der Waals surface area contributed by atoms with Crippen molar-refractivity contribution in [1.82, 2.24) is 24.5 Å². The molecular weight excluding hydrogens is 350 g/mol. The molecule has 140 valence electrons. The highest BCUT2D eigenvalue weighted by molar-refractivity contribution is 7.15. The molecule has 0 bridgehead atoms. The van der Waals surface area contributed by atoms with Gasteiger partial charge >= 0.3 is 0 Å². The third-order valence-electron chi connectivity index (χ3n) is 5.20. The van der Waals surface area contributed by atoms with Gasteiger partial charge in [0, 0.05) is 44.3 Å². The van der Waals surface area contributed by atoms with Crippen LogP contribution in [0, 0.1) is 0 Å². The lowest BCUT2D eigenvalue weighted by Crippen LogP contribution is -2.47. The maximum atomic E-state index is 13.2. The number of rotatable bonds is 3. The molecule has 2 aliphatic rings. The Bertz CT molecular complexity index is 791. The molecule has 0 spiro atoms. The fourth-order valence-electron chi connectivity index (χ4n) is 3.79. The number of piperazine rings is 1. The van der Waals surface area contributed by atoms with Crippen LogP contribution in [-0.2, 0) is 11.3 Å². The fourth-order valence-corrected chi connectivity index (χ4v) is 4.53. The van der Waals surface area contributed by atoms with Crippen molar-refractivity contribution in [2.24, 2.45) is 0 Å². The Morgan fingerprint density at radius 1 is 1.15 bits per heavy atom. The summed E-state index contributed by atoms with van der Waals surface area (Å²) in [5.74, 6) is 0.0817. The Hall–Kier alpha value is -1.93. The summed E-state index contributed by atoms with van der Waals surface area (Å²) >= 11 is 1.54. The predicted octanol–water partition coefficient (Wildman–Crippen LogP) is 1.73. The first-order valence-electron chi connectivity index (χ1n) is 9.45. The van der Waals surface area contributed by atoms with Gasteiger partial charge in [-0.05, 0) is 12.8 Å². The van der Waals surface area contributed by atoms with Gasteiger partial charge in [-0.2, -0.15) is 0 Å². The van der Waals surface area contributed by atoms with E-state index in [1.807, 2.05) is 20.9 Å². The number of nitrogens with one attached hydrogen (secondary N) is 1. The molecule has 0 unspecified atom stereocenters. The van der Waals surface area contributed by atoms with Gasteiger partial charge in [0.25, 0.3) is 5.91 Å². The van der Waals surface area contributed by atoms with E-state index in [4.69, 9.17) is 0 Å². The van der Waals surface area contributed by atoms with E-state index in [2.05, 4.69) is 15.2 Å². The zero-order valence-electron chi connectivity index (χ0n) is 14.9. The highest BCUT2D eigenvalue weighted by Gasteiger charge is 2.27. The Morgan fingerprint density at radius 3 is 2.69 bits per heavy atom. The van der Waals surface area contributed by atoms with Crippen LogP contribution >= 0.6 is 11.3 Å². The van der Waals surface area contributed by atoms with Crippen LogP contribution in [0.3, 0.4) is 0 Å². The fraction of sp³-hybridized carbons (Fsp3) is 0.611. The molecule has 0 aliphatic carbocycles. The molecule has 4 heterocycles. The molecule has 1 N–H and O–H groups in total. The Morgan fingerprint density at radius 2 is 1.92 bits per heavy atom. The molecular formula is C18H25N5O2S. The number of nitrogens with zero attached hydrogens (tertiary/aromatic N) is 4. The van der Waals surface area contributed by atoms with E-state index in [-0.39, 0.29) is 11.8 Å². The van der Waals surface area contributed by atoms with E-state index >= 15 is 0 Å². The first kappa shape index (κ1) is 17.5. The van der Waals surface area contributed by atoms with E-state index in [0.717, 1.165) is 43.1 Å². The summed E-state index contributed by atoms with van der Waals surface area (Å²) in [5, 5.41) is 4.83. The molecule has 2 aromatic rings. The summed E-state index contributed by atoms with van der Waals surface area (Å²) in [5.41, 5.74) is 1.46. The number of aromatic nitrogens is 2. The standard InChI is InChI=1S/C18H25N5O2S/c24-15-13-21(9-6-19-15)12-14-16(20-18-23(14)10-11-26-18)17(25)22-7-4-2-1-3-5-8-22/h10-11H,1-9,12-13H2,(H,19,24). The van der Waals surface area contributed by atoms with Crippen LogP contribution in [0.5, 0.6) is 0 Å². The number of hydrogen-bond donors (Lipinski definition) is 1. The summed E-state index contributed by atoms with van der Waals surface area (Å²) in [4.78, 5) is 34.5. The maximum Gasteiger partial charge on any atom is 0.274 e. The number of imidazole rings is 1. The van der Waals surface area contributed by atoms with Crippen LogP contribution in [0.2, 0.25) is 0 Å². The van der Waals surface area contributed by atoms with Crippen molar-refractivity contribution in [3.8, 4) is 0 Å². The van der Waals surface area contributed by atoms with Crippen molar-refractivity contribution in [3.05, 3.63) is 23.0 Å². The van der Waals surface area contributed by atoms with Gasteiger partial charge in [-0.15, -0.1) is 11.3 Å². The molecule has 8 heteroatoms. The van der Waals surface area contributed by atoms with E-state index in [1.54, 1.807) is 0 Å². The zero-order valence-corrected chi connectivity index (χ0v) is 15.8. The Labute approximate surface area is 157 Å². The maximum absolute atomic E-state index is 13.2. The molecule has 0 saturated carbocycles. The smallest absolute Gasteiger partial charge is 0.274 e. The molecule has 0 aromatic carbocycles. The van der Waals surface area contributed by atoms with Crippen molar-refractivity contribution in [3.63, 3.8) is 0 Å². The minimum absolute atomic E-state index is 0.0407. The Kier molecular flexibility index (Phi) is 5.21. The molecule has 7 nitrogen and oxygen atoms in total. The van der Waals surface area contributed by atoms with E-state index < -0.39 is 0 Å². The van der Waals surface area contributed by atoms with Crippen LogP contribution < -0.4 is 5.32 Å². The molecule has 2 amide bonds. The summed E-state index contributed by atoms with van der Waals surface area (Å²) in [6, 6.07) is 0. The second kappa shape index (κ2) is 7.75. The molecule has 26 heavy (non-hydrogen) atoms. The number of amides is 2. The summed E-state index contributed by atoms with van der Waals surface area (Å²) in [6.45, 7) is 4.01. The lowest BCUT2D eigenvalue weighted by Gasteiger charge is -2.27. The summed E-state index contributed by atoms with van der Waals surface area (Å²) in [7, 11) is 0. The predicted molar refractivity (Wildman–Crippen MR) is 100 cm³/mol. The number of carbonyl (C=O) groups excluding carboxylic acids is 2. The molecule has 2 aliphatic heterocycles. The van der Waals surface area contributed by atoms with Crippen LogP contribution in [0.15, 0.2) is 11.6 Å². The molecule has 2 aromatic heterocycles. The SMILES string of the molecule is O=C1CN(Cc2c(C(=O)N3CCCCCCC3)nc3sccn23)CCN1. The average Bonchev–Trinajstić information content (AvgIpc) is 3.17. The van der Waals surface area contributed by atoms with Gasteiger partial charge in [0.2, 0.25) is 5.91 Å². The normalized spacial score (nSPS) is 20.0. The van der Waals surface area contributed by atoms with Gasteiger partial charge < -0.3 is 10.2 Å². The second-order valence-electron chi connectivity index (χ2n) is 7.08. The van der Waals surface area contributed by atoms with Crippen molar-refractivity contribution < 1.29 is 9.59 Å². The first-order chi connectivity index (χ1) is 12.7. The van der Waals surface area contributed by atoms with Crippen LogP contribution in [0.1, 0.15) is 48.3 Å². The van der Waals surface area contributed by atoms with Gasteiger partial charge in [-0.25, -0.2) is 4.98 Å². The second-order valence-corrected chi connectivity index (χ2v) is 7.96. The summed E-state index contributed by atoms with van der Waals surface area (Å²) in [6.07, 6.45) is 7.75. The van der Waals surface area contributed by atoms with Crippen molar-refractivity contribution in [2.45, 2.75) is 38.6 Å².